The van der Waals surface area contributed by atoms with Crippen molar-refractivity contribution in [1.29, 1.82) is 0 Å². The topological polar surface area (TPSA) is 84.4 Å². The molecule has 1 aromatic heterocycles. The summed E-state index contributed by atoms with van der Waals surface area (Å²) in [6, 6.07) is 5.78. The molecule has 7 nitrogen and oxygen atoms in total. The van der Waals surface area contributed by atoms with E-state index in [1.807, 2.05) is 22.9 Å². The lowest BCUT2D eigenvalue weighted by Gasteiger charge is -2.09. The molecule has 1 aromatic carbocycles. The highest BCUT2D eigenvalue weighted by atomic mass is 16.7. The quantitative estimate of drug-likeness (QED) is 0.879. The Morgan fingerprint density at radius 1 is 1.29 bits per heavy atom. The van der Waals surface area contributed by atoms with Gasteiger partial charge < -0.3 is 19.9 Å². The first-order chi connectivity index (χ1) is 10.3. The van der Waals surface area contributed by atoms with Crippen molar-refractivity contribution >= 4 is 0 Å². The van der Waals surface area contributed by atoms with E-state index in [-0.39, 0.29) is 12.7 Å². The van der Waals surface area contributed by atoms with Gasteiger partial charge in [0.2, 0.25) is 6.79 Å². The normalized spacial score (nSPS) is 20.1. The first kappa shape index (κ1) is 12.6. The van der Waals surface area contributed by atoms with Gasteiger partial charge in [-0.1, -0.05) is 5.21 Å². The van der Waals surface area contributed by atoms with Crippen molar-refractivity contribution in [2.45, 2.75) is 13.2 Å². The summed E-state index contributed by atoms with van der Waals surface area (Å²) in [4.78, 5) is 0. The van der Waals surface area contributed by atoms with Crippen LogP contribution >= 0.6 is 0 Å². The van der Waals surface area contributed by atoms with E-state index in [1.165, 1.54) is 0 Å². The molecule has 2 N–H and O–H groups in total. The Balaban J connectivity index is 1.72. The van der Waals surface area contributed by atoms with E-state index in [0.29, 0.717) is 19.8 Å². The molecule has 0 amide bonds. The van der Waals surface area contributed by atoms with E-state index in [0.717, 1.165) is 35.0 Å². The summed E-state index contributed by atoms with van der Waals surface area (Å²) in [6.45, 7) is 2.73. The van der Waals surface area contributed by atoms with Crippen molar-refractivity contribution in [2.75, 3.05) is 19.9 Å². The monoisotopic (exact) mass is 288 g/mol. The number of hydrogen-bond acceptors (Lipinski definition) is 6. The molecule has 0 radical (unpaired) electrons. The highest BCUT2D eigenvalue weighted by Crippen LogP contribution is 2.36. The van der Waals surface area contributed by atoms with Gasteiger partial charge in [0, 0.05) is 18.0 Å². The lowest BCUT2D eigenvalue weighted by atomic mass is 10.1. The number of hydrogen-bond donors (Lipinski definition) is 1. The van der Waals surface area contributed by atoms with Crippen molar-refractivity contribution < 1.29 is 14.2 Å². The number of ether oxygens (including phenoxy) is 3. The Morgan fingerprint density at radius 2 is 2.19 bits per heavy atom. The zero-order valence-electron chi connectivity index (χ0n) is 11.5. The standard InChI is InChI=1S/C14H16N4O3/c15-4-9-5-18-11(7-19-6-9)14(16-17-18)10-1-2-12-13(3-10)21-8-20-12/h1-3,9H,4-8,15H2/t9-/m1/s1. The fourth-order valence-electron chi connectivity index (χ4n) is 2.65. The molecule has 0 spiro atoms. The van der Waals surface area contributed by atoms with Gasteiger partial charge in [-0.25, -0.2) is 4.68 Å². The summed E-state index contributed by atoms with van der Waals surface area (Å²) in [7, 11) is 0. The molecule has 0 saturated heterocycles. The van der Waals surface area contributed by atoms with Crippen LogP contribution in [0.4, 0.5) is 0 Å². The Morgan fingerprint density at radius 3 is 3.10 bits per heavy atom. The van der Waals surface area contributed by atoms with Crippen LogP contribution in [0.5, 0.6) is 11.5 Å². The average molecular weight is 288 g/mol. The zero-order chi connectivity index (χ0) is 14.2. The van der Waals surface area contributed by atoms with Gasteiger partial charge in [-0.2, -0.15) is 0 Å². The molecule has 0 unspecified atom stereocenters. The maximum absolute atomic E-state index is 5.74. The smallest absolute Gasteiger partial charge is 0.231 e. The molecule has 21 heavy (non-hydrogen) atoms. The van der Waals surface area contributed by atoms with Crippen LogP contribution < -0.4 is 15.2 Å². The van der Waals surface area contributed by atoms with Gasteiger partial charge in [-0.05, 0) is 24.7 Å². The van der Waals surface area contributed by atoms with Gasteiger partial charge in [0.15, 0.2) is 11.5 Å². The van der Waals surface area contributed by atoms with Crippen LogP contribution in [-0.2, 0) is 17.9 Å². The molecule has 0 bridgehead atoms. The predicted octanol–water partition coefficient (Wildman–Crippen LogP) is 0.779. The van der Waals surface area contributed by atoms with Crippen LogP contribution in [0, 0.1) is 5.92 Å². The molecule has 110 valence electrons. The average Bonchev–Trinajstić information content (AvgIpc) is 3.07. The third-order valence-electron chi connectivity index (χ3n) is 3.84. The molecule has 7 heteroatoms. The summed E-state index contributed by atoms with van der Waals surface area (Å²) >= 11 is 0. The summed E-state index contributed by atoms with van der Waals surface area (Å²) < 4.78 is 18.3. The molecule has 0 fully saturated rings. The maximum Gasteiger partial charge on any atom is 0.231 e. The second kappa shape index (κ2) is 5.01. The van der Waals surface area contributed by atoms with Crippen molar-refractivity contribution in [3.63, 3.8) is 0 Å². The van der Waals surface area contributed by atoms with E-state index in [2.05, 4.69) is 10.3 Å². The van der Waals surface area contributed by atoms with E-state index < -0.39 is 0 Å². The first-order valence-electron chi connectivity index (χ1n) is 6.95. The van der Waals surface area contributed by atoms with Crippen LogP contribution in [0.3, 0.4) is 0 Å². The summed E-state index contributed by atoms with van der Waals surface area (Å²) in [5.74, 6) is 1.78. The summed E-state index contributed by atoms with van der Waals surface area (Å²) in [5, 5.41) is 8.54. The second-order valence-corrected chi connectivity index (χ2v) is 5.25. The largest absolute Gasteiger partial charge is 0.454 e. The highest BCUT2D eigenvalue weighted by Gasteiger charge is 2.23. The lowest BCUT2D eigenvalue weighted by Crippen LogP contribution is -2.23. The van der Waals surface area contributed by atoms with Gasteiger partial charge >= 0.3 is 0 Å². The zero-order valence-corrected chi connectivity index (χ0v) is 11.5. The fourth-order valence-corrected chi connectivity index (χ4v) is 2.65. The van der Waals surface area contributed by atoms with E-state index >= 15 is 0 Å². The van der Waals surface area contributed by atoms with Crippen molar-refractivity contribution in [2.24, 2.45) is 11.7 Å². The van der Waals surface area contributed by atoms with Crippen LogP contribution in [0.2, 0.25) is 0 Å². The van der Waals surface area contributed by atoms with Gasteiger partial charge in [0.25, 0.3) is 0 Å². The van der Waals surface area contributed by atoms with E-state index in [9.17, 15) is 0 Å². The van der Waals surface area contributed by atoms with Gasteiger partial charge in [0.1, 0.15) is 5.69 Å². The molecular formula is C14H16N4O3. The SMILES string of the molecule is NC[C@H]1COCc2c(-c3ccc4c(c3)OCO4)nnn2C1. The molecule has 3 heterocycles. The van der Waals surface area contributed by atoms with Crippen LogP contribution in [0.15, 0.2) is 18.2 Å². The molecule has 2 aliphatic rings. The molecule has 1 atom stereocenters. The number of rotatable bonds is 2. The first-order valence-corrected chi connectivity index (χ1v) is 6.95. The molecule has 2 aromatic rings. The van der Waals surface area contributed by atoms with Crippen LogP contribution in [0.1, 0.15) is 5.69 Å². The Hall–Kier alpha value is -2.12. The summed E-state index contributed by atoms with van der Waals surface area (Å²) in [6.07, 6.45) is 0. The van der Waals surface area contributed by atoms with Crippen molar-refractivity contribution in [1.82, 2.24) is 15.0 Å². The van der Waals surface area contributed by atoms with Crippen LogP contribution in [-0.4, -0.2) is 34.9 Å². The predicted molar refractivity (Wildman–Crippen MR) is 73.8 cm³/mol. The molecule has 0 aliphatic carbocycles. The fraction of sp³-hybridized carbons (Fsp3) is 0.429. The Labute approximate surface area is 121 Å². The highest BCUT2D eigenvalue weighted by molar-refractivity contribution is 5.66. The number of nitrogens with two attached hydrogens (primary N) is 1. The molecule has 4 rings (SSSR count). The molecule has 2 aliphatic heterocycles. The number of benzene rings is 1. The number of aromatic nitrogens is 3. The van der Waals surface area contributed by atoms with Gasteiger partial charge in [-0.15, -0.1) is 5.10 Å². The van der Waals surface area contributed by atoms with Gasteiger partial charge in [0.05, 0.1) is 18.9 Å². The minimum absolute atomic E-state index is 0.264. The van der Waals surface area contributed by atoms with E-state index in [4.69, 9.17) is 19.9 Å². The second-order valence-electron chi connectivity index (χ2n) is 5.25. The number of fused-ring (bicyclic) bond motifs is 2. The van der Waals surface area contributed by atoms with Crippen LogP contribution in [0.25, 0.3) is 11.3 Å². The Bertz CT molecular complexity index is 670. The minimum Gasteiger partial charge on any atom is -0.454 e. The third-order valence-corrected chi connectivity index (χ3v) is 3.84. The lowest BCUT2D eigenvalue weighted by molar-refractivity contribution is 0.0970. The van der Waals surface area contributed by atoms with Crippen molar-refractivity contribution in [3.05, 3.63) is 23.9 Å². The Kier molecular flexibility index (Phi) is 3.01. The van der Waals surface area contributed by atoms with E-state index in [1.54, 1.807) is 0 Å². The van der Waals surface area contributed by atoms with Gasteiger partial charge in [-0.3, -0.25) is 0 Å². The maximum atomic E-state index is 5.74. The third kappa shape index (κ3) is 2.14. The molecule has 0 saturated carbocycles. The molecular weight excluding hydrogens is 272 g/mol. The summed E-state index contributed by atoms with van der Waals surface area (Å²) in [5.41, 5.74) is 8.49. The number of nitrogens with zero attached hydrogens (tertiary/aromatic N) is 3. The van der Waals surface area contributed by atoms with Crippen molar-refractivity contribution in [3.8, 4) is 22.8 Å². The minimum atomic E-state index is 0.264.